The zero-order valence-electron chi connectivity index (χ0n) is 9.40. The highest BCUT2D eigenvalue weighted by Gasteiger charge is 2.35. The van der Waals surface area contributed by atoms with Crippen LogP contribution in [0.25, 0.3) is 0 Å². The van der Waals surface area contributed by atoms with Gasteiger partial charge in [-0.1, -0.05) is 0 Å². The van der Waals surface area contributed by atoms with Crippen molar-refractivity contribution < 1.29 is 9.21 Å². The third kappa shape index (κ3) is 1.63. The summed E-state index contributed by atoms with van der Waals surface area (Å²) in [7, 11) is 0. The van der Waals surface area contributed by atoms with Crippen molar-refractivity contribution in [1.29, 1.82) is 0 Å². The number of fused-ring (bicyclic) bond motifs is 2. The first-order valence-electron chi connectivity index (χ1n) is 5.81. The fourth-order valence-corrected chi connectivity index (χ4v) is 2.70. The quantitative estimate of drug-likeness (QED) is 0.768. The largest absolute Gasteiger partial charge is 0.456 e. The van der Waals surface area contributed by atoms with E-state index in [4.69, 9.17) is 4.42 Å². The van der Waals surface area contributed by atoms with Crippen LogP contribution >= 0.6 is 0 Å². The van der Waals surface area contributed by atoms with Crippen LogP contribution in [0, 0.1) is 12.8 Å². The molecule has 16 heavy (non-hydrogen) atoms. The van der Waals surface area contributed by atoms with E-state index >= 15 is 0 Å². The molecule has 0 aromatic carbocycles. The van der Waals surface area contributed by atoms with Gasteiger partial charge in [-0.25, -0.2) is 0 Å². The van der Waals surface area contributed by atoms with Crippen molar-refractivity contribution in [3.63, 3.8) is 0 Å². The maximum atomic E-state index is 12.1. The maximum Gasteiger partial charge on any atom is 0.289 e. The second kappa shape index (κ2) is 3.63. The molecule has 4 heteroatoms. The van der Waals surface area contributed by atoms with E-state index in [-0.39, 0.29) is 5.91 Å². The van der Waals surface area contributed by atoms with Crippen LogP contribution in [0.2, 0.25) is 0 Å². The topological polar surface area (TPSA) is 45.5 Å². The molecule has 2 bridgehead atoms. The molecule has 1 amide bonds. The molecule has 4 nitrogen and oxygen atoms in total. The van der Waals surface area contributed by atoms with Crippen LogP contribution in [0.15, 0.2) is 16.5 Å². The van der Waals surface area contributed by atoms with Gasteiger partial charge in [0.1, 0.15) is 5.76 Å². The van der Waals surface area contributed by atoms with E-state index in [0.29, 0.717) is 17.7 Å². The van der Waals surface area contributed by atoms with Gasteiger partial charge in [-0.3, -0.25) is 4.79 Å². The van der Waals surface area contributed by atoms with Crippen molar-refractivity contribution in [2.24, 2.45) is 5.92 Å². The monoisotopic (exact) mass is 220 g/mol. The molecule has 0 aliphatic carbocycles. The Balaban J connectivity index is 1.76. The Morgan fingerprint density at radius 1 is 1.50 bits per heavy atom. The fourth-order valence-electron chi connectivity index (χ4n) is 2.70. The minimum Gasteiger partial charge on any atom is -0.456 e. The zero-order chi connectivity index (χ0) is 11.1. The molecule has 2 saturated heterocycles. The van der Waals surface area contributed by atoms with E-state index < -0.39 is 0 Å². The standard InChI is InChI=1S/C12H16N2O2/c1-8-2-3-11(16-8)12(15)14-6-9-4-10(7-14)13-5-9/h2-3,9-10,13H,4-7H2,1H3. The number of hydrogen-bond donors (Lipinski definition) is 1. The van der Waals surface area contributed by atoms with Crippen LogP contribution in [-0.4, -0.2) is 36.5 Å². The number of carbonyl (C=O) groups is 1. The van der Waals surface area contributed by atoms with Crippen LogP contribution in [0.4, 0.5) is 0 Å². The summed E-state index contributed by atoms with van der Waals surface area (Å²) in [6.07, 6.45) is 1.21. The van der Waals surface area contributed by atoms with Gasteiger partial charge in [-0.15, -0.1) is 0 Å². The summed E-state index contributed by atoms with van der Waals surface area (Å²) in [5.74, 6) is 1.92. The summed E-state index contributed by atoms with van der Waals surface area (Å²) in [6, 6.07) is 4.09. The highest BCUT2D eigenvalue weighted by atomic mass is 16.3. The normalized spacial score (nSPS) is 28.4. The molecule has 1 N–H and O–H groups in total. The molecular formula is C12H16N2O2. The molecule has 2 unspecified atom stereocenters. The van der Waals surface area contributed by atoms with E-state index in [1.165, 1.54) is 6.42 Å². The van der Waals surface area contributed by atoms with Gasteiger partial charge in [0.15, 0.2) is 5.76 Å². The lowest BCUT2D eigenvalue weighted by molar-refractivity contribution is 0.0658. The molecule has 1 aromatic heterocycles. The molecule has 86 valence electrons. The van der Waals surface area contributed by atoms with E-state index in [1.807, 2.05) is 17.9 Å². The lowest BCUT2D eigenvalue weighted by atomic mass is 10.00. The second-order valence-electron chi connectivity index (χ2n) is 4.83. The molecule has 2 atom stereocenters. The summed E-state index contributed by atoms with van der Waals surface area (Å²) in [5, 5.41) is 3.44. The minimum absolute atomic E-state index is 0.0338. The van der Waals surface area contributed by atoms with Gasteiger partial charge in [-0.05, 0) is 31.4 Å². The van der Waals surface area contributed by atoms with Crippen molar-refractivity contribution in [1.82, 2.24) is 10.2 Å². The van der Waals surface area contributed by atoms with Gasteiger partial charge in [0, 0.05) is 25.7 Å². The van der Waals surface area contributed by atoms with Crippen molar-refractivity contribution in [2.45, 2.75) is 19.4 Å². The zero-order valence-corrected chi connectivity index (χ0v) is 9.40. The number of aryl methyl sites for hydroxylation is 1. The Labute approximate surface area is 94.6 Å². The van der Waals surface area contributed by atoms with Gasteiger partial charge in [0.25, 0.3) is 5.91 Å². The Morgan fingerprint density at radius 3 is 3.06 bits per heavy atom. The lowest BCUT2D eigenvalue weighted by Crippen LogP contribution is -2.44. The first-order chi connectivity index (χ1) is 7.72. The molecule has 2 aliphatic heterocycles. The Bertz CT molecular complexity index is 401. The van der Waals surface area contributed by atoms with Gasteiger partial charge in [-0.2, -0.15) is 0 Å². The fraction of sp³-hybridized carbons (Fsp3) is 0.583. The first-order valence-corrected chi connectivity index (χ1v) is 5.81. The summed E-state index contributed by atoms with van der Waals surface area (Å²) in [6.45, 7) is 4.58. The smallest absolute Gasteiger partial charge is 0.289 e. The van der Waals surface area contributed by atoms with E-state index in [2.05, 4.69) is 5.32 Å². The van der Waals surface area contributed by atoms with Crippen molar-refractivity contribution >= 4 is 5.91 Å². The Kier molecular flexibility index (Phi) is 2.24. The van der Waals surface area contributed by atoms with E-state index in [0.717, 1.165) is 25.4 Å². The van der Waals surface area contributed by atoms with Crippen molar-refractivity contribution in [2.75, 3.05) is 19.6 Å². The average molecular weight is 220 g/mol. The number of amides is 1. The molecule has 2 aliphatic rings. The maximum absolute atomic E-state index is 12.1. The molecule has 3 heterocycles. The van der Waals surface area contributed by atoms with Gasteiger partial charge in [0.2, 0.25) is 0 Å². The van der Waals surface area contributed by atoms with Crippen LogP contribution in [0.5, 0.6) is 0 Å². The predicted octanol–water partition coefficient (Wildman–Crippen LogP) is 1.02. The predicted molar refractivity (Wildman–Crippen MR) is 59.2 cm³/mol. The van der Waals surface area contributed by atoms with Crippen LogP contribution in [0.1, 0.15) is 22.7 Å². The number of rotatable bonds is 1. The van der Waals surface area contributed by atoms with Gasteiger partial charge in [0.05, 0.1) is 0 Å². The van der Waals surface area contributed by atoms with Gasteiger partial charge >= 0.3 is 0 Å². The molecular weight excluding hydrogens is 204 g/mol. The SMILES string of the molecule is Cc1ccc(C(=O)N2CC3CNC(C3)C2)o1. The number of furan rings is 1. The van der Waals surface area contributed by atoms with E-state index in [1.54, 1.807) is 6.07 Å². The molecule has 0 spiro atoms. The number of piperidine rings is 1. The Hall–Kier alpha value is -1.29. The third-order valence-electron chi connectivity index (χ3n) is 3.47. The third-order valence-corrected chi connectivity index (χ3v) is 3.47. The first kappa shape index (κ1) is 9.90. The Morgan fingerprint density at radius 2 is 2.38 bits per heavy atom. The summed E-state index contributed by atoms with van der Waals surface area (Å²) >= 11 is 0. The number of carbonyl (C=O) groups excluding carboxylic acids is 1. The molecule has 0 saturated carbocycles. The molecule has 1 aromatic rings. The van der Waals surface area contributed by atoms with Crippen LogP contribution in [-0.2, 0) is 0 Å². The minimum atomic E-state index is 0.0338. The summed E-state index contributed by atoms with van der Waals surface area (Å²) < 4.78 is 5.38. The highest BCUT2D eigenvalue weighted by molar-refractivity contribution is 5.91. The van der Waals surface area contributed by atoms with Crippen molar-refractivity contribution in [3.05, 3.63) is 23.7 Å². The average Bonchev–Trinajstić information content (AvgIpc) is 2.84. The number of hydrogen-bond acceptors (Lipinski definition) is 3. The second-order valence-corrected chi connectivity index (χ2v) is 4.83. The van der Waals surface area contributed by atoms with Gasteiger partial charge < -0.3 is 14.6 Å². The lowest BCUT2D eigenvalue weighted by Gasteiger charge is -2.30. The number of likely N-dealkylation sites (tertiary alicyclic amines) is 1. The molecule has 3 rings (SSSR count). The van der Waals surface area contributed by atoms with E-state index in [9.17, 15) is 4.79 Å². The van der Waals surface area contributed by atoms with Crippen molar-refractivity contribution in [3.8, 4) is 0 Å². The van der Waals surface area contributed by atoms with Crippen LogP contribution < -0.4 is 5.32 Å². The molecule has 2 fully saturated rings. The molecule has 0 radical (unpaired) electrons. The van der Waals surface area contributed by atoms with Crippen LogP contribution in [0.3, 0.4) is 0 Å². The summed E-state index contributed by atoms with van der Waals surface area (Å²) in [5.41, 5.74) is 0. The highest BCUT2D eigenvalue weighted by Crippen LogP contribution is 2.23. The number of nitrogens with zero attached hydrogens (tertiary/aromatic N) is 1. The number of nitrogens with one attached hydrogen (secondary N) is 1. The summed E-state index contributed by atoms with van der Waals surface area (Å²) in [4.78, 5) is 14.1.